The molecule has 3 rings (SSSR count). The van der Waals surface area contributed by atoms with Crippen molar-refractivity contribution in [1.82, 2.24) is 10.3 Å². The quantitative estimate of drug-likeness (QED) is 0.758. The maximum absolute atomic E-state index is 12.6. The number of hydrogen-bond acceptors (Lipinski definition) is 3. The number of nitrogens with one attached hydrogen (secondary N) is 2. The van der Waals surface area contributed by atoms with Crippen molar-refractivity contribution in [1.29, 1.82) is 0 Å². The normalized spacial score (nSPS) is 10.7. The van der Waals surface area contributed by atoms with Gasteiger partial charge in [-0.1, -0.05) is 42.5 Å². The molecule has 1 aromatic heterocycles. The van der Waals surface area contributed by atoms with Crippen molar-refractivity contribution in [2.24, 2.45) is 0 Å². The lowest BCUT2D eigenvalue weighted by Crippen LogP contribution is -2.28. The Kier molecular flexibility index (Phi) is 4.72. The molecule has 0 saturated heterocycles. The first-order valence-electron chi connectivity index (χ1n) is 7.65. The minimum atomic E-state index is -0.390. The first kappa shape index (κ1) is 16.0. The fraction of sp³-hybridized carbons (Fsp3) is 0.158. The molecule has 3 aromatic rings. The summed E-state index contributed by atoms with van der Waals surface area (Å²) in [5.41, 5.74) is 2.37. The minimum absolute atomic E-state index is 0.105. The lowest BCUT2D eigenvalue weighted by atomic mass is 10.1. The number of rotatable bonds is 5. The number of aromatic nitrogens is 1. The SMILES string of the molecule is COCc1cccc2c(=O)c(C(=O)NCc3ccccc3)c[nH]c12. The number of fused-ring (bicyclic) bond motifs is 1. The van der Waals surface area contributed by atoms with E-state index in [1.165, 1.54) is 6.20 Å². The monoisotopic (exact) mass is 322 g/mol. The van der Waals surface area contributed by atoms with E-state index in [0.717, 1.165) is 11.1 Å². The summed E-state index contributed by atoms with van der Waals surface area (Å²) in [4.78, 5) is 28.0. The lowest BCUT2D eigenvalue weighted by Gasteiger charge is -2.08. The predicted octanol–water partition coefficient (Wildman–Crippen LogP) is 2.60. The number of H-pyrrole nitrogens is 1. The molecule has 0 radical (unpaired) electrons. The number of ether oxygens (including phenoxy) is 1. The second kappa shape index (κ2) is 7.10. The van der Waals surface area contributed by atoms with E-state index in [1.807, 2.05) is 36.4 Å². The van der Waals surface area contributed by atoms with E-state index in [2.05, 4.69) is 10.3 Å². The van der Waals surface area contributed by atoms with Crippen LogP contribution in [0.25, 0.3) is 10.9 Å². The Balaban J connectivity index is 1.88. The zero-order valence-electron chi connectivity index (χ0n) is 13.3. The van der Waals surface area contributed by atoms with E-state index in [1.54, 1.807) is 19.2 Å². The highest BCUT2D eigenvalue weighted by Gasteiger charge is 2.14. The van der Waals surface area contributed by atoms with E-state index in [0.29, 0.717) is 24.1 Å². The van der Waals surface area contributed by atoms with Gasteiger partial charge in [0, 0.05) is 30.8 Å². The maximum Gasteiger partial charge on any atom is 0.257 e. The first-order chi connectivity index (χ1) is 11.7. The molecule has 1 amide bonds. The van der Waals surface area contributed by atoms with Crippen molar-refractivity contribution in [3.05, 3.63) is 81.6 Å². The highest BCUT2D eigenvalue weighted by atomic mass is 16.5. The van der Waals surface area contributed by atoms with Crippen molar-refractivity contribution < 1.29 is 9.53 Å². The first-order valence-corrected chi connectivity index (χ1v) is 7.65. The summed E-state index contributed by atoms with van der Waals surface area (Å²) in [5, 5.41) is 3.26. The standard InChI is InChI=1S/C19H18N2O3/c1-24-12-14-8-5-9-15-17(14)20-11-16(18(15)22)19(23)21-10-13-6-3-2-4-7-13/h2-9,11H,10,12H2,1H3,(H,20,22)(H,21,23). The molecule has 0 aliphatic heterocycles. The van der Waals surface area contributed by atoms with Gasteiger partial charge in [-0.3, -0.25) is 9.59 Å². The molecule has 0 spiro atoms. The molecule has 0 saturated carbocycles. The molecule has 5 nitrogen and oxygen atoms in total. The molecular formula is C19H18N2O3. The van der Waals surface area contributed by atoms with Crippen LogP contribution in [0.2, 0.25) is 0 Å². The highest BCUT2D eigenvalue weighted by Crippen LogP contribution is 2.15. The predicted molar refractivity (Wildman–Crippen MR) is 92.9 cm³/mol. The van der Waals surface area contributed by atoms with Crippen molar-refractivity contribution >= 4 is 16.8 Å². The van der Waals surface area contributed by atoms with E-state index < -0.39 is 0 Å². The van der Waals surface area contributed by atoms with E-state index in [4.69, 9.17) is 4.74 Å². The van der Waals surface area contributed by atoms with Crippen molar-refractivity contribution in [2.45, 2.75) is 13.2 Å². The van der Waals surface area contributed by atoms with Gasteiger partial charge in [-0.2, -0.15) is 0 Å². The maximum atomic E-state index is 12.6. The van der Waals surface area contributed by atoms with Gasteiger partial charge in [0.05, 0.1) is 12.1 Å². The molecule has 0 unspecified atom stereocenters. The average Bonchev–Trinajstić information content (AvgIpc) is 2.62. The van der Waals surface area contributed by atoms with Crippen LogP contribution in [0.4, 0.5) is 0 Å². The Labute approximate surface area is 139 Å². The van der Waals surface area contributed by atoms with Gasteiger partial charge in [0.25, 0.3) is 5.91 Å². The van der Waals surface area contributed by atoms with Gasteiger partial charge in [0.2, 0.25) is 5.43 Å². The molecule has 0 bridgehead atoms. The zero-order valence-corrected chi connectivity index (χ0v) is 13.3. The van der Waals surface area contributed by atoms with Gasteiger partial charge in [-0.15, -0.1) is 0 Å². The van der Waals surface area contributed by atoms with Crippen LogP contribution in [-0.4, -0.2) is 18.0 Å². The summed E-state index contributed by atoms with van der Waals surface area (Å²) in [7, 11) is 1.60. The Hall–Kier alpha value is -2.92. The zero-order chi connectivity index (χ0) is 16.9. The Bertz CT molecular complexity index is 917. The molecule has 5 heteroatoms. The Morgan fingerprint density at radius 3 is 2.67 bits per heavy atom. The number of aromatic amines is 1. The molecular weight excluding hydrogens is 304 g/mol. The highest BCUT2D eigenvalue weighted by molar-refractivity contribution is 5.97. The third-order valence-corrected chi connectivity index (χ3v) is 3.84. The Morgan fingerprint density at radius 2 is 1.92 bits per heavy atom. The van der Waals surface area contributed by atoms with Crippen molar-refractivity contribution in [2.75, 3.05) is 7.11 Å². The summed E-state index contributed by atoms with van der Waals surface area (Å²) in [6.45, 7) is 0.772. The molecule has 0 atom stereocenters. The van der Waals surface area contributed by atoms with E-state index in [9.17, 15) is 9.59 Å². The third kappa shape index (κ3) is 3.21. The molecule has 122 valence electrons. The number of methoxy groups -OCH3 is 1. The molecule has 2 N–H and O–H groups in total. The molecule has 2 aromatic carbocycles. The van der Waals surface area contributed by atoms with Crippen LogP contribution in [0.1, 0.15) is 21.5 Å². The summed E-state index contributed by atoms with van der Waals surface area (Å²) in [6, 6.07) is 14.9. The molecule has 0 fully saturated rings. The number of hydrogen-bond donors (Lipinski definition) is 2. The smallest absolute Gasteiger partial charge is 0.257 e. The summed E-state index contributed by atoms with van der Waals surface area (Å²) in [6.07, 6.45) is 1.46. The van der Waals surface area contributed by atoms with Gasteiger partial charge in [-0.25, -0.2) is 0 Å². The second-order valence-corrected chi connectivity index (χ2v) is 5.47. The number of pyridine rings is 1. The fourth-order valence-corrected chi connectivity index (χ4v) is 2.63. The molecule has 0 aliphatic rings. The van der Waals surface area contributed by atoms with Crippen LogP contribution in [-0.2, 0) is 17.9 Å². The number of carbonyl (C=O) groups is 1. The van der Waals surface area contributed by atoms with E-state index >= 15 is 0 Å². The Morgan fingerprint density at radius 1 is 1.12 bits per heavy atom. The number of amides is 1. The van der Waals surface area contributed by atoms with Gasteiger partial charge < -0.3 is 15.0 Å². The molecule has 0 aliphatic carbocycles. The van der Waals surface area contributed by atoms with E-state index in [-0.39, 0.29) is 16.9 Å². The van der Waals surface area contributed by atoms with Crippen LogP contribution in [0.5, 0.6) is 0 Å². The summed E-state index contributed by atoms with van der Waals surface area (Å²) in [5.74, 6) is -0.390. The number of carbonyl (C=O) groups excluding carboxylic acids is 1. The summed E-state index contributed by atoms with van der Waals surface area (Å²) >= 11 is 0. The van der Waals surface area contributed by atoms with Crippen LogP contribution in [0.3, 0.4) is 0 Å². The van der Waals surface area contributed by atoms with Crippen LogP contribution >= 0.6 is 0 Å². The third-order valence-electron chi connectivity index (χ3n) is 3.84. The lowest BCUT2D eigenvalue weighted by molar-refractivity contribution is 0.0949. The van der Waals surface area contributed by atoms with Gasteiger partial charge in [0.15, 0.2) is 0 Å². The van der Waals surface area contributed by atoms with Crippen molar-refractivity contribution in [3.8, 4) is 0 Å². The second-order valence-electron chi connectivity index (χ2n) is 5.47. The molecule has 24 heavy (non-hydrogen) atoms. The minimum Gasteiger partial charge on any atom is -0.380 e. The molecule has 1 heterocycles. The topological polar surface area (TPSA) is 71.2 Å². The van der Waals surface area contributed by atoms with Crippen LogP contribution < -0.4 is 10.7 Å². The van der Waals surface area contributed by atoms with Crippen LogP contribution in [0, 0.1) is 0 Å². The fourth-order valence-electron chi connectivity index (χ4n) is 2.63. The summed E-state index contributed by atoms with van der Waals surface area (Å²) < 4.78 is 5.14. The van der Waals surface area contributed by atoms with Gasteiger partial charge in [-0.05, 0) is 11.6 Å². The number of benzene rings is 2. The average molecular weight is 322 g/mol. The van der Waals surface area contributed by atoms with Crippen LogP contribution in [0.15, 0.2) is 59.5 Å². The van der Waals surface area contributed by atoms with Gasteiger partial charge >= 0.3 is 0 Å². The number of para-hydroxylation sites is 1. The van der Waals surface area contributed by atoms with Crippen molar-refractivity contribution in [3.63, 3.8) is 0 Å². The van der Waals surface area contributed by atoms with Gasteiger partial charge in [0.1, 0.15) is 5.56 Å². The largest absolute Gasteiger partial charge is 0.380 e.